The van der Waals surface area contributed by atoms with E-state index in [-0.39, 0.29) is 23.2 Å². The third-order valence-electron chi connectivity index (χ3n) is 4.19. The second kappa shape index (κ2) is 8.44. The fourth-order valence-electron chi connectivity index (χ4n) is 2.82. The first-order valence-electron chi connectivity index (χ1n) is 8.51. The molecule has 0 amide bonds. The molecule has 0 unspecified atom stereocenters. The van der Waals surface area contributed by atoms with Crippen LogP contribution in [0.4, 0.5) is 22.0 Å². The maximum Gasteiger partial charge on any atom is 0.573 e. The predicted molar refractivity (Wildman–Crippen MR) is 95.1 cm³/mol. The summed E-state index contributed by atoms with van der Waals surface area (Å²) >= 11 is 0. The zero-order chi connectivity index (χ0) is 21.9. The number of carbonyl (C=O) groups is 1. The van der Waals surface area contributed by atoms with Gasteiger partial charge in [0, 0.05) is 35.9 Å². The Bertz CT molecular complexity index is 1090. The standard InChI is InChI=1S/C20H13F5N2O3/c21-13-3-4-16(26-10-13)14(8-17(28)12-2-6-19(29)27-9-12)11-1-5-18(15(22)7-11)30-20(23,24)25/h1-7,9-10,14H,8H2,(H,27,29)/t14-/m0/s1. The van der Waals surface area contributed by atoms with Gasteiger partial charge in [-0.25, -0.2) is 8.78 Å². The molecular weight excluding hydrogens is 411 g/mol. The number of aromatic nitrogens is 2. The minimum absolute atomic E-state index is 0.138. The molecule has 3 aromatic rings. The highest BCUT2D eigenvalue weighted by molar-refractivity contribution is 5.96. The highest BCUT2D eigenvalue weighted by Gasteiger charge is 2.32. The molecule has 2 aromatic heterocycles. The topological polar surface area (TPSA) is 72.0 Å². The van der Waals surface area contributed by atoms with E-state index in [1.54, 1.807) is 0 Å². The highest BCUT2D eigenvalue weighted by Crippen LogP contribution is 2.32. The molecule has 1 aromatic carbocycles. The Morgan fingerprint density at radius 3 is 2.43 bits per heavy atom. The van der Waals surface area contributed by atoms with Crippen molar-refractivity contribution in [1.82, 2.24) is 9.97 Å². The van der Waals surface area contributed by atoms with Gasteiger partial charge in [-0.1, -0.05) is 6.07 Å². The van der Waals surface area contributed by atoms with Crippen LogP contribution >= 0.6 is 0 Å². The van der Waals surface area contributed by atoms with Crippen molar-refractivity contribution in [3.05, 3.63) is 93.7 Å². The minimum Gasteiger partial charge on any atom is -0.403 e. The number of ether oxygens (including phenoxy) is 1. The smallest absolute Gasteiger partial charge is 0.403 e. The molecule has 0 aliphatic heterocycles. The van der Waals surface area contributed by atoms with E-state index in [1.807, 2.05) is 0 Å². The Morgan fingerprint density at radius 2 is 1.87 bits per heavy atom. The molecule has 5 nitrogen and oxygen atoms in total. The summed E-state index contributed by atoms with van der Waals surface area (Å²) in [7, 11) is 0. The molecule has 0 fully saturated rings. The Hall–Kier alpha value is -3.56. The molecule has 156 valence electrons. The first-order valence-corrected chi connectivity index (χ1v) is 8.51. The van der Waals surface area contributed by atoms with Crippen molar-refractivity contribution in [3.63, 3.8) is 0 Å². The molecular formula is C20H13F5N2O3. The van der Waals surface area contributed by atoms with Crippen molar-refractivity contribution in [2.24, 2.45) is 0 Å². The highest BCUT2D eigenvalue weighted by atomic mass is 19.4. The van der Waals surface area contributed by atoms with Crippen molar-refractivity contribution >= 4 is 5.78 Å². The number of aromatic amines is 1. The van der Waals surface area contributed by atoms with E-state index in [2.05, 4.69) is 14.7 Å². The molecule has 1 N–H and O–H groups in total. The fraction of sp³-hybridized carbons (Fsp3) is 0.150. The Balaban J connectivity index is 1.96. The SMILES string of the molecule is O=C(C[C@@H](c1ccc(OC(F)(F)F)c(F)c1)c1ccc(F)cn1)c1ccc(=O)[nH]c1. The lowest BCUT2D eigenvalue weighted by Gasteiger charge is -2.18. The first-order chi connectivity index (χ1) is 14.1. The summed E-state index contributed by atoms with van der Waals surface area (Å²) in [5, 5.41) is 0. The Kier molecular flexibility index (Phi) is 5.95. The summed E-state index contributed by atoms with van der Waals surface area (Å²) in [6.07, 6.45) is -3.21. The normalized spacial score (nSPS) is 12.4. The Labute approximate surface area is 166 Å². The summed E-state index contributed by atoms with van der Waals surface area (Å²) in [5.74, 6) is -4.28. The second-order valence-electron chi connectivity index (χ2n) is 6.26. The van der Waals surface area contributed by atoms with E-state index < -0.39 is 41.0 Å². The molecule has 0 saturated carbocycles. The molecule has 10 heteroatoms. The third kappa shape index (κ3) is 5.28. The number of pyridine rings is 2. The molecule has 0 radical (unpaired) electrons. The number of Topliss-reactive ketones (excluding diaryl/α,β-unsaturated/α-hetero) is 1. The van der Waals surface area contributed by atoms with E-state index in [1.165, 1.54) is 24.4 Å². The lowest BCUT2D eigenvalue weighted by Crippen LogP contribution is -2.18. The number of rotatable bonds is 6. The number of H-pyrrole nitrogens is 1. The minimum atomic E-state index is -5.07. The van der Waals surface area contributed by atoms with Crippen LogP contribution in [-0.2, 0) is 0 Å². The third-order valence-corrected chi connectivity index (χ3v) is 4.19. The van der Waals surface area contributed by atoms with Crippen molar-refractivity contribution in [3.8, 4) is 5.75 Å². The van der Waals surface area contributed by atoms with Crippen molar-refractivity contribution < 1.29 is 31.5 Å². The zero-order valence-corrected chi connectivity index (χ0v) is 15.0. The maximum atomic E-state index is 14.2. The van der Waals surface area contributed by atoms with Crippen LogP contribution < -0.4 is 10.3 Å². The van der Waals surface area contributed by atoms with Crippen molar-refractivity contribution in [1.29, 1.82) is 0 Å². The molecule has 1 atom stereocenters. The van der Waals surface area contributed by atoms with Crippen LogP contribution in [0.15, 0.2) is 59.7 Å². The average Bonchev–Trinajstić information content (AvgIpc) is 2.68. The van der Waals surface area contributed by atoms with Crippen LogP contribution in [0.25, 0.3) is 0 Å². The summed E-state index contributed by atoms with van der Waals surface area (Å²) in [6, 6.07) is 7.60. The monoisotopic (exact) mass is 424 g/mol. The second-order valence-corrected chi connectivity index (χ2v) is 6.26. The number of alkyl halides is 3. The molecule has 0 aliphatic carbocycles. The van der Waals surface area contributed by atoms with E-state index in [0.29, 0.717) is 0 Å². The van der Waals surface area contributed by atoms with Gasteiger partial charge in [0.1, 0.15) is 5.82 Å². The lowest BCUT2D eigenvalue weighted by molar-refractivity contribution is -0.275. The zero-order valence-electron chi connectivity index (χ0n) is 15.0. The van der Waals surface area contributed by atoms with Crippen LogP contribution in [-0.4, -0.2) is 22.1 Å². The molecule has 0 spiro atoms. The van der Waals surface area contributed by atoms with Gasteiger partial charge in [0.2, 0.25) is 5.56 Å². The lowest BCUT2D eigenvalue weighted by atomic mass is 9.88. The van der Waals surface area contributed by atoms with Gasteiger partial charge >= 0.3 is 6.36 Å². The predicted octanol–water partition coefficient (Wildman–Crippen LogP) is 4.35. The average molecular weight is 424 g/mol. The fourth-order valence-corrected chi connectivity index (χ4v) is 2.82. The largest absolute Gasteiger partial charge is 0.573 e. The number of benzene rings is 1. The molecule has 0 aliphatic rings. The molecule has 3 rings (SSSR count). The van der Waals surface area contributed by atoms with E-state index in [9.17, 15) is 31.5 Å². The number of halogens is 5. The van der Waals surface area contributed by atoms with Gasteiger partial charge in [-0.15, -0.1) is 13.2 Å². The summed E-state index contributed by atoms with van der Waals surface area (Å²) in [4.78, 5) is 30.1. The van der Waals surface area contributed by atoms with Crippen LogP contribution in [0, 0.1) is 11.6 Å². The van der Waals surface area contributed by atoms with Crippen LogP contribution in [0.5, 0.6) is 5.75 Å². The summed E-state index contributed by atoms with van der Waals surface area (Å²) < 4.78 is 68.2. The number of hydrogen-bond acceptors (Lipinski definition) is 4. The van der Waals surface area contributed by atoms with Crippen LogP contribution in [0.2, 0.25) is 0 Å². The van der Waals surface area contributed by atoms with Gasteiger partial charge in [-0.2, -0.15) is 0 Å². The van der Waals surface area contributed by atoms with Gasteiger partial charge in [-0.3, -0.25) is 14.6 Å². The summed E-state index contributed by atoms with van der Waals surface area (Å²) in [6.45, 7) is 0. The summed E-state index contributed by atoms with van der Waals surface area (Å²) in [5.41, 5.74) is 0.0989. The number of carbonyl (C=O) groups excluding carboxylic acids is 1. The van der Waals surface area contributed by atoms with E-state index in [4.69, 9.17) is 0 Å². The van der Waals surface area contributed by atoms with Gasteiger partial charge < -0.3 is 9.72 Å². The number of nitrogens with one attached hydrogen (secondary N) is 1. The van der Waals surface area contributed by atoms with Crippen molar-refractivity contribution in [2.45, 2.75) is 18.7 Å². The van der Waals surface area contributed by atoms with Gasteiger partial charge in [-0.05, 0) is 35.9 Å². The Morgan fingerprint density at radius 1 is 1.10 bits per heavy atom. The quantitative estimate of drug-likeness (QED) is 0.472. The molecule has 30 heavy (non-hydrogen) atoms. The van der Waals surface area contributed by atoms with Crippen LogP contribution in [0.1, 0.15) is 34.0 Å². The molecule has 2 heterocycles. The van der Waals surface area contributed by atoms with Crippen molar-refractivity contribution in [2.75, 3.05) is 0 Å². The number of ketones is 1. The van der Waals surface area contributed by atoms with Gasteiger partial charge in [0.25, 0.3) is 0 Å². The number of hydrogen-bond donors (Lipinski definition) is 1. The van der Waals surface area contributed by atoms with E-state index in [0.717, 1.165) is 30.5 Å². The van der Waals surface area contributed by atoms with Gasteiger partial charge in [0.15, 0.2) is 17.3 Å². The maximum absolute atomic E-state index is 14.2. The molecule has 0 saturated heterocycles. The number of nitrogens with zero attached hydrogens (tertiary/aromatic N) is 1. The van der Waals surface area contributed by atoms with Crippen LogP contribution in [0.3, 0.4) is 0 Å². The van der Waals surface area contributed by atoms with Gasteiger partial charge in [0.05, 0.1) is 6.20 Å². The first kappa shape index (κ1) is 21.2. The van der Waals surface area contributed by atoms with E-state index >= 15 is 0 Å². The molecule has 0 bridgehead atoms.